The van der Waals surface area contributed by atoms with Crippen molar-refractivity contribution >= 4 is 21.8 Å². The third-order valence-electron chi connectivity index (χ3n) is 3.02. The molecule has 1 unspecified atom stereocenters. The number of rotatable bonds is 5. The van der Waals surface area contributed by atoms with Gasteiger partial charge in [0.05, 0.1) is 0 Å². The van der Waals surface area contributed by atoms with E-state index in [1.165, 1.54) is 11.8 Å². The fraction of sp³-hybridized carbons (Fsp3) is 0.875. The second kappa shape index (κ2) is 4.94. The van der Waals surface area contributed by atoms with E-state index in [2.05, 4.69) is 15.9 Å². The Hall–Kier alpha value is -1.25. The predicted octanol–water partition coefficient (Wildman–Crippen LogP) is 0.642. The maximum atomic E-state index is 11.6. The Balaban J connectivity index is 2.73. The van der Waals surface area contributed by atoms with E-state index in [4.69, 9.17) is 0 Å². The number of carbonyl (C=O) groups excluding carboxylic acids is 1. The van der Waals surface area contributed by atoms with Crippen LogP contribution >= 0.6 is 15.9 Å². The summed E-state index contributed by atoms with van der Waals surface area (Å²) in [6.45, 7) is 0.885. The molecule has 8 nitrogen and oxygen atoms in total. The maximum absolute atomic E-state index is 11.6. The van der Waals surface area contributed by atoms with E-state index >= 15 is 0 Å². The van der Waals surface area contributed by atoms with Crippen molar-refractivity contribution in [2.75, 3.05) is 11.9 Å². The summed E-state index contributed by atoms with van der Waals surface area (Å²) in [5.74, 6) is -0.281. The Morgan fingerprint density at radius 2 is 2.00 bits per heavy atom. The van der Waals surface area contributed by atoms with Gasteiger partial charge in [-0.2, -0.15) is 0 Å². The van der Waals surface area contributed by atoms with Gasteiger partial charge >= 0.3 is 5.66 Å². The first-order valence-electron chi connectivity index (χ1n) is 5.02. The summed E-state index contributed by atoms with van der Waals surface area (Å²) < 4.78 is 0. The van der Waals surface area contributed by atoms with E-state index in [9.17, 15) is 25.0 Å². The van der Waals surface area contributed by atoms with Crippen LogP contribution in [0.3, 0.4) is 0 Å². The number of nitrogens with zero attached hydrogens (tertiary/aromatic N) is 3. The van der Waals surface area contributed by atoms with Crippen LogP contribution in [0.1, 0.15) is 19.8 Å². The van der Waals surface area contributed by atoms with Crippen molar-refractivity contribution in [3.8, 4) is 0 Å². The van der Waals surface area contributed by atoms with E-state index in [-0.39, 0.29) is 12.3 Å². The molecule has 0 aromatic carbocycles. The molecule has 0 bridgehead atoms. The lowest BCUT2D eigenvalue weighted by molar-refractivity contribution is -0.817. The summed E-state index contributed by atoms with van der Waals surface area (Å²) in [6.07, 6.45) is 0.840. The first-order chi connectivity index (χ1) is 7.87. The number of amides is 1. The molecule has 1 saturated heterocycles. The fourth-order valence-corrected chi connectivity index (χ4v) is 2.09. The van der Waals surface area contributed by atoms with Gasteiger partial charge < -0.3 is 4.90 Å². The van der Waals surface area contributed by atoms with Gasteiger partial charge in [0.2, 0.25) is 5.91 Å². The number of hydrogen-bond donors (Lipinski definition) is 0. The highest BCUT2D eigenvalue weighted by molar-refractivity contribution is 9.09. The zero-order valence-electron chi connectivity index (χ0n) is 9.17. The molecule has 0 saturated carbocycles. The average molecular weight is 310 g/mol. The van der Waals surface area contributed by atoms with Crippen molar-refractivity contribution < 1.29 is 14.6 Å². The number of halogens is 1. The summed E-state index contributed by atoms with van der Waals surface area (Å²) in [4.78, 5) is 32.5. The third kappa shape index (κ3) is 2.11. The fourth-order valence-electron chi connectivity index (χ4n) is 1.81. The molecular formula is C8H12BrN3O5. The van der Waals surface area contributed by atoms with Crippen molar-refractivity contribution in [3.05, 3.63) is 20.2 Å². The van der Waals surface area contributed by atoms with Crippen LogP contribution in [0.2, 0.25) is 0 Å². The zero-order valence-corrected chi connectivity index (χ0v) is 10.8. The second-order valence-corrected chi connectivity index (χ2v) is 4.68. The van der Waals surface area contributed by atoms with Crippen molar-refractivity contribution in [2.24, 2.45) is 0 Å². The molecule has 0 aromatic heterocycles. The summed E-state index contributed by atoms with van der Waals surface area (Å²) >= 11 is 3.16. The van der Waals surface area contributed by atoms with E-state index in [1.54, 1.807) is 0 Å². The number of likely N-dealkylation sites (tertiary alicyclic amines) is 1. The van der Waals surface area contributed by atoms with Crippen molar-refractivity contribution in [2.45, 2.75) is 31.5 Å². The molecule has 1 aliphatic rings. The van der Waals surface area contributed by atoms with Crippen LogP contribution in [0.25, 0.3) is 0 Å². The highest BCUT2D eigenvalue weighted by atomic mass is 79.9. The van der Waals surface area contributed by atoms with Crippen molar-refractivity contribution in [1.82, 2.24) is 4.90 Å². The van der Waals surface area contributed by atoms with Gasteiger partial charge in [-0.15, -0.1) is 0 Å². The summed E-state index contributed by atoms with van der Waals surface area (Å²) in [7, 11) is 0. The second-order valence-electron chi connectivity index (χ2n) is 3.88. The number of alkyl halides is 1. The van der Waals surface area contributed by atoms with Crippen molar-refractivity contribution in [1.29, 1.82) is 0 Å². The maximum Gasteiger partial charge on any atom is 0.494 e. The van der Waals surface area contributed by atoms with Gasteiger partial charge in [0.25, 0.3) is 0 Å². The molecule has 1 aliphatic heterocycles. The van der Waals surface area contributed by atoms with Crippen LogP contribution in [0.15, 0.2) is 0 Å². The monoisotopic (exact) mass is 309 g/mol. The number of carbonyl (C=O) groups is 1. The molecule has 96 valence electrons. The molecule has 1 heterocycles. The van der Waals surface area contributed by atoms with E-state index in [0.29, 0.717) is 11.8 Å². The normalized spacial score (nSPS) is 21.8. The van der Waals surface area contributed by atoms with Crippen LogP contribution in [0, 0.1) is 20.2 Å². The van der Waals surface area contributed by atoms with Gasteiger partial charge in [0, 0.05) is 11.8 Å². The largest absolute Gasteiger partial charge is 0.494 e. The molecule has 0 spiro atoms. The summed E-state index contributed by atoms with van der Waals surface area (Å²) in [5.41, 5.74) is -2.23. The predicted molar refractivity (Wildman–Crippen MR) is 60.9 cm³/mol. The molecule has 9 heteroatoms. The Bertz CT molecular complexity index is 347. The van der Waals surface area contributed by atoms with E-state index in [1.807, 2.05) is 0 Å². The van der Waals surface area contributed by atoms with E-state index in [0.717, 1.165) is 0 Å². The topological polar surface area (TPSA) is 107 Å². The third-order valence-corrected chi connectivity index (χ3v) is 3.58. The Morgan fingerprint density at radius 3 is 2.35 bits per heavy atom. The number of hydrogen-bond acceptors (Lipinski definition) is 5. The van der Waals surface area contributed by atoms with Gasteiger partial charge in [-0.25, -0.2) is 0 Å². The Kier molecular flexibility index (Phi) is 4.02. The number of nitro groups is 2. The Labute approximate surface area is 105 Å². The molecule has 0 aliphatic carbocycles. The standard InChI is InChI=1S/C8H12BrN3O5/c1-6-8(11(14)15,12(16)17)5-10(6)7(13)3-2-4-9/h6H,2-5H2,1H3. The van der Waals surface area contributed by atoms with E-state index < -0.39 is 28.1 Å². The zero-order chi connectivity index (χ0) is 13.2. The van der Waals surface area contributed by atoms with Crippen LogP contribution in [-0.2, 0) is 4.79 Å². The van der Waals surface area contributed by atoms with Crippen LogP contribution in [0.4, 0.5) is 0 Å². The molecular weight excluding hydrogens is 298 g/mol. The highest BCUT2D eigenvalue weighted by Gasteiger charge is 2.73. The van der Waals surface area contributed by atoms with Crippen molar-refractivity contribution in [3.63, 3.8) is 0 Å². The lowest BCUT2D eigenvalue weighted by Gasteiger charge is -2.42. The molecule has 0 N–H and O–H groups in total. The van der Waals surface area contributed by atoms with Crippen LogP contribution < -0.4 is 0 Å². The van der Waals surface area contributed by atoms with Gasteiger partial charge in [-0.1, -0.05) is 15.9 Å². The summed E-state index contributed by atoms with van der Waals surface area (Å²) in [5, 5.41) is 22.2. The molecule has 0 aromatic rings. The van der Waals surface area contributed by atoms with Crippen LogP contribution in [0.5, 0.6) is 0 Å². The average Bonchev–Trinajstić information content (AvgIpc) is 2.23. The molecule has 17 heavy (non-hydrogen) atoms. The lowest BCUT2D eigenvalue weighted by Crippen LogP contribution is -2.76. The first-order valence-corrected chi connectivity index (χ1v) is 6.14. The van der Waals surface area contributed by atoms with Gasteiger partial charge in [0.15, 0.2) is 12.6 Å². The van der Waals surface area contributed by atoms with Gasteiger partial charge in [-0.3, -0.25) is 25.0 Å². The first kappa shape index (κ1) is 13.8. The quantitative estimate of drug-likeness (QED) is 0.320. The van der Waals surface area contributed by atoms with Gasteiger partial charge in [0.1, 0.15) is 9.85 Å². The minimum absolute atomic E-state index is 0.237. The molecule has 1 rings (SSSR count). The molecule has 0 radical (unpaired) electrons. The van der Waals surface area contributed by atoms with Crippen LogP contribution in [-0.4, -0.2) is 44.2 Å². The van der Waals surface area contributed by atoms with Gasteiger partial charge in [-0.05, 0) is 13.3 Å². The minimum Gasteiger partial charge on any atom is -0.311 e. The smallest absolute Gasteiger partial charge is 0.311 e. The molecule has 1 atom stereocenters. The SMILES string of the molecule is CC1N(C(=O)CCCBr)CC1([N+](=O)[O-])[N+](=O)[O-]. The minimum atomic E-state index is -2.23. The lowest BCUT2D eigenvalue weighted by atomic mass is 9.90. The summed E-state index contributed by atoms with van der Waals surface area (Å²) in [6, 6.07) is -1.00. The Morgan fingerprint density at radius 1 is 1.47 bits per heavy atom. The highest BCUT2D eigenvalue weighted by Crippen LogP contribution is 2.33. The molecule has 1 amide bonds. The molecule has 1 fully saturated rings.